The monoisotopic (exact) mass is 236 g/mol. The molecule has 0 saturated heterocycles. The minimum Gasteiger partial charge on any atom is -0.478 e. The van der Waals surface area contributed by atoms with Gasteiger partial charge in [-0.2, -0.15) is 0 Å². The summed E-state index contributed by atoms with van der Waals surface area (Å²) in [5.41, 5.74) is 1.82. The van der Waals surface area contributed by atoms with Gasteiger partial charge in [0.25, 0.3) is 0 Å². The van der Waals surface area contributed by atoms with Crippen LogP contribution >= 0.6 is 0 Å². The highest BCUT2D eigenvalue weighted by Gasteiger charge is 2.31. The highest BCUT2D eigenvalue weighted by atomic mass is 16.4. The van der Waals surface area contributed by atoms with E-state index in [1.807, 2.05) is 12.2 Å². The van der Waals surface area contributed by atoms with Crippen LogP contribution < -0.4 is 0 Å². The van der Waals surface area contributed by atoms with Gasteiger partial charge in [0.1, 0.15) is 0 Å². The van der Waals surface area contributed by atoms with E-state index in [1.165, 1.54) is 5.57 Å². The van der Waals surface area contributed by atoms with Gasteiger partial charge >= 0.3 is 5.97 Å². The number of hydrogen-bond donors (Lipinski definition) is 1. The molecule has 0 spiro atoms. The first-order valence-electron chi connectivity index (χ1n) is 6.18. The van der Waals surface area contributed by atoms with Crippen molar-refractivity contribution in [3.05, 3.63) is 23.3 Å². The number of carboxylic acid groups (broad SMARTS) is 1. The number of carbonyl (C=O) groups is 1. The summed E-state index contributed by atoms with van der Waals surface area (Å²) >= 11 is 0. The van der Waals surface area contributed by atoms with Crippen molar-refractivity contribution in [1.29, 1.82) is 0 Å². The Morgan fingerprint density at radius 1 is 1.24 bits per heavy atom. The van der Waals surface area contributed by atoms with E-state index < -0.39 is 5.97 Å². The molecule has 0 amide bonds. The van der Waals surface area contributed by atoms with Crippen LogP contribution in [0.1, 0.15) is 48.0 Å². The molecule has 2 heteroatoms. The van der Waals surface area contributed by atoms with Crippen LogP contribution in [-0.2, 0) is 4.79 Å². The fraction of sp³-hybridized carbons (Fsp3) is 0.667. The zero-order chi connectivity index (χ0) is 13.4. The van der Waals surface area contributed by atoms with Crippen LogP contribution in [0.2, 0.25) is 0 Å². The van der Waals surface area contributed by atoms with Crippen LogP contribution in [0.25, 0.3) is 0 Å². The molecule has 0 fully saturated rings. The maximum Gasteiger partial charge on any atom is 0.335 e. The summed E-state index contributed by atoms with van der Waals surface area (Å²) in [5, 5.41) is 9.19. The first kappa shape index (κ1) is 14.0. The minimum absolute atomic E-state index is 0.0401. The van der Waals surface area contributed by atoms with Crippen LogP contribution in [0.3, 0.4) is 0 Å². The minimum atomic E-state index is -0.819. The summed E-state index contributed by atoms with van der Waals surface area (Å²) in [6.45, 7) is 12.9. The molecule has 0 radical (unpaired) electrons. The molecule has 0 aromatic rings. The van der Waals surface area contributed by atoms with Gasteiger partial charge in [-0.1, -0.05) is 53.2 Å². The molecule has 1 unspecified atom stereocenters. The lowest BCUT2D eigenvalue weighted by atomic mass is 9.69. The van der Waals surface area contributed by atoms with E-state index in [2.05, 4.69) is 41.5 Å². The van der Waals surface area contributed by atoms with Crippen molar-refractivity contribution in [2.45, 2.75) is 48.0 Å². The lowest BCUT2D eigenvalue weighted by Crippen LogP contribution is -2.26. The van der Waals surface area contributed by atoms with E-state index >= 15 is 0 Å². The molecule has 0 aromatic carbocycles. The van der Waals surface area contributed by atoms with Gasteiger partial charge in [-0.05, 0) is 29.2 Å². The van der Waals surface area contributed by atoms with Crippen LogP contribution in [-0.4, -0.2) is 11.1 Å². The summed E-state index contributed by atoms with van der Waals surface area (Å²) in [7, 11) is 0. The zero-order valence-corrected chi connectivity index (χ0v) is 11.8. The third kappa shape index (κ3) is 3.45. The van der Waals surface area contributed by atoms with Crippen molar-refractivity contribution in [3.63, 3.8) is 0 Å². The topological polar surface area (TPSA) is 37.3 Å². The normalized spacial score (nSPS) is 21.9. The van der Waals surface area contributed by atoms with Crippen molar-refractivity contribution in [2.75, 3.05) is 0 Å². The maximum absolute atomic E-state index is 11.2. The molecule has 2 nitrogen and oxygen atoms in total. The maximum atomic E-state index is 11.2. The summed E-state index contributed by atoms with van der Waals surface area (Å²) in [6, 6.07) is 0. The number of hydrogen-bond acceptors (Lipinski definition) is 1. The lowest BCUT2D eigenvalue weighted by molar-refractivity contribution is -0.132. The Labute approximate surface area is 104 Å². The van der Waals surface area contributed by atoms with Gasteiger partial charge in [0.2, 0.25) is 0 Å². The number of carboxylic acids is 1. The number of allylic oxidation sites excluding steroid dienone is 2. The molecule has 17 heavy (non-hydrogen) atoms. The SMILES string of the molecule is CC(C)(C)C1=CC(C(=O)O)=CC(C(C)(C)C)C1. The number of aliphatic carboxylic acids is 1. The van der Waals surface area contributed by atoms with Gasteiger partial charge in [0.15, 0.2) is 0 Å². The van der Waals surface area contributed by atoms with E-state index in [9.17, 15) is 9.90 Å². The molecule has 0 saturated carbocycles. The Bertz CT molecular complexity index is 373. The van der Waals surface area contributed by atoms with E-state index in [-0.39, 0.29) is 10.8 Å². The van der Waals surface area contributed by atoms with E-state index in [4.69, 9.17) is 0 Å². The van der Waals surface area contributed by atoms with Gasteiger partial charge < -0.3 is 5.11 Å². The van der Waals surface area contributed by atoms with Crippen molar-refractivity contribution in [1.82, 2.24) is 0 Å². The second-order valence-corrected chi connectivity index (χ2v) is 7.02. The van der Waals surface area contributed by atoms with E-state index in [0.717, 1.165) is 6.42 Å². The Kier molecular flexibility index (Phi) is 3.56. The predicted molar refractivity (Wildman–Crippen MR) is 70.8 cm³/mol. The van der Waals surface area contributed by atoms with Gasteiger partial charge in [-0.3, -0.25) is 0 Å². The quantitative estimate of drug-likeness (QED) is 0.746. The highest BCUT2D eigenvalue weighted by molar-refractivity contribution is 5.90. The molecule has 1 aliphatic carbocycles. The number of rotatable bonds is 1. The van der Waals surface area contributed by atoms with E-state index in [1.54, 1.807) is 0 Å². The van der Waals surface area contributed by atoms with Gasteiger partial charge in [-0.15, -0.1) is 0 Å². The molecule has 0 bridgehead atoms. The molecule has 1 atom stereocenters. The third-order valence-electron chi connectivity index (χ3n) is 3.47. The molecule has 1 aliphatic rings. The Hall–Kier alpha value is -1.05. The standard InChI is InChI=1S/C15H24O2/c1-14(2,3)11-7-10(13(16)17)8-12(9-11)15(4,5)6/h7-8,11H,9H2,1-6H3,(H,16,17). The molecule has 96 valence electrons. The molecular formula is C15H24O2. The fourth-order valence-electron chi connectivity index (χ4n) is 2.02. The highest BCUT2D eigenvalue weighted by Crippen LogP contribution is 2.41. The van der Waals surface area contributed by atoms with Crippen molar-refractivity contribution >= 4 is 5.97 Å². The second kappa shape index (κ2) is 4.32. The largest absolute Gasteiger partial charge is 0.478 e. The molecule has 1 N–H and O–H groups in total. The Morgan fingerprint density at radius 3 is 2.12 bits per heavy atom. The molecule has 1 rings (SSSR count). The predicted octanol–water partition coefficient (Wildman–Crippen LogP) is 4.04. The molecule has 0 heterocycles. The van der Waals surface area contributed by atoms with Crippen LogP contribution in [0, 0.1) is 16.7 Å². The lowest BCUT2D eigenvalue weighted by Gasteiger charge is -2.36. The first-order valence-corrected chi connectivity index (χ1v) is 6.18. The van der Waals surface area contributed by atoms with Crippen molar-refractivity contribution in [3.8, 4) is 0 Å². The van der Waals surface area contributed by atoms with Crippen molar-refractivity contribution in [2.24, 2.45) is 16.7 Å². The average Bonchev–Trinajstić information content (AvgIpc) is 2.14. The summed E-state index contributed by atoms with van der Waals surface area (Å²) in [6.07, 6.45) is 4.73. The Morgan fingerprint density at radius 2 is 1.76 bits per heavy atom. The summed E-state index contributed by atoms with van der Waals surface area (Å²) in [5.74, 6) is -0.520. The third-order valence-corrected chi connectivity index (χ3v) is 3.47. The zero-order valence-electron chi connectivity index (χ0n) is 11.8. The fourth-order valence-corrected chi connectivity index (χ4v) is 2.02. The smallest absolute Gasteiger partial charge is 0.335 e. The van der Waals surface area contributed by atoms with Gasteiger partial charge in [-0.25, -0.2) is 4.79 Å². The van der Waals surface area contributed by atoms with Crippen LogP contribution in [0.5, 0.6) is 0 Å². The first-order chi connectivity index (χ1) is 7.51. The second-order valence-electron chi connectivity index (χ2n) is 7.02. The molecular weight excluding hydrogens is 212 g/mol. The van der Waals surface area contributed by atoms with Gasteiger partial charge in [0.05, 0.1) is 5.57 Å². The summed E-state index contributed by atoms with van der Waals surface area (Å²) < 4.78 is 0. The van der Waals surface area contributed by atoms with Gasteiger partial charge in [0, 0.05) is 0 Å². The van der Waals surface area contributed by atoms with E-state index in [0.29, 0.717) is 11.5 Å². The average molecular weight is 236 g/mol. The van der Waals surface area contributed by atoms with Crippen LogP contribution in [0.15, 0.2) is 23.3 Å². The Balaban J connectivity index is 3.15. The summed E-state index contributed by atoms with van der Waals surface area (Å²) in [4.78, 5) is 11.2. The molecule has 0 aliphatic heterocycles. The van der Waals surface area contributed by atoms with Crippen LogP contribution in [0.4, 0.5) is 0 Å². The molecule has 0 aromatic heterocycles. The van der Waals surface area contributed by atoms with Crippen molar-refractivity contribution < 1.29 is 9.90 Å².